The van der Waals surface area contributed by atoms with Crippen LogP contribution >= 0.6 is 0 Å². The molecule has 0 atom stereocenters. The molecular weight excluding hydrogens is 330 g/mol. The van der Waals surface area contributed by atoms with Crippen LogP contribution in [0.15, 0.2) is 23.2 Å². The van der Waals surface area contributed by atoms with Crippen molar-refractivity contribution < 1.29 is 14.2 Å². The molecule has 1 N–H and O–H groups in total. The Kier molecular flexibility index (Phi) is 7.00. The Hall–Kier alpha value is -1.95. The first-order chi connectivity index (χ1) is 12.8. The Balaban J connectivity index is 1.49. The van der Waals surface area contributed by atoms with Crippen molar-refractivity contribution in [1.82, 2.24) is 10.2 Å². The van der Waals surface area contributed by atoms with Gasteiger partial charge in [0, 0.05) is 46.8 Å². The molecule has 0 bridgehead atoms. The fourth-order valence-corrected chi connectivity index (χ4v) is 3.40. The van der Waals surface area contributed by atoms with Crippen molar-refractivity contribution in [3.8, 4) is 11.5 Å². The number of nitrogens with zero attached hydrogens (tertiary/aromatic N) is 2. The van der Waals surface area contributed by atoms with Gasteiger partial charge in [-0.15, -0.1) is 0 Å². The van der Waals surface area contributed by atoms with E-state index in [-0.39, 0.29) is 0 Å². The molecule has 2 aliphatic rings. The zero-order valence-electron chi connectivity index (χ0n) is 16.0. The van der Waals surface area contributed by atoms with Crippen LogP contribution in [0.4, 0.5) is 0 Å². The van der Waals surface area contributed by atoms with Gasteiger partial charge in [-0.3, -0.25) is 4.99 Å². The topological polar surface area (TPSA) is 55.3 Å². The summed E-state index contributed by atoms with van der Waals surface area (Å²) in [6.45, 7) is 4.96. The summed E-state index contributed by atoms with van der Waals surface area (Å²) in [7, 11) is 3.93. The fraction of sp³-hybridized carbons (Fsp3) is 0.650. The predicted molar refractivity (Wildman–Crippen MR) is 103 cm³/mol. The molecule has 0 spiro atoms. The molecule has 0 aliphatic carbocycles. The number of guanidine groups is 1. The van der Waals surface area contributed by atoms with Crippen LogP contribution in [0.2, 0.25) is 0 Å². The molecule has 0 radical (unpaired) electrons. The van der Waals surface area contributed by atoms with Gasteiger partial charge in [0.2, 0.25) is 0 Å². The maximum atomic E-state index is 5.77. The van der Waals surface area contributed by atoms with Gasteiger partial charge in [0.15, 0.2) is 17.5 Å². The van der Waals surface area contributed by atoms with E-state index in [1.165, 1.54) is 19.3 Å². The van der Waals surface area contributed by atoms with Crippen molar-refractivity contribution in [3.63, 3.8) is 0 Å². The van der Waals surface area contributed by atoms with Crippen molar-refractivity contribution in [3.05, 3.63) is 23.8 Å². The number of benzene rings is 1. The van der Waals surface area contributed by atoms with E-state index in [0.29, 0.717) is 13.2 Å². The molecule has 1 saturated heterocycles. The molecule has 1 aromatic rings. The number of hydrogen-bond acceptors (Lipinski definition) is 4. The third kappa shape index (κ3) is 5.27. The molecule has 1 fully saturated rings. The van der Waals surface area contributed by atoms with Crippen LogP contribution in [-0.4, -0.2) is 57.9 Å². The van der Waals surface area contributed by atoms with E-state index < -0.39 is 0 Å². The lowest BCUT2D eigenvalue weighted by Crippen LogP contribution is -2.39. The molecule has 0 amide bonds. The zero-order chi connectivity index (χ0) is 18.2. The molecule has 0 saturated carbocycles. The Labute approximate surface area is 156 Å². The zero-order valence-corrected chi connectivity index (χ0v) is 16.0. The van der Waals surface area contributed by atoms with Gasteiger partial charge < -0.3 is 24.4 Å². The molecule has 2 heterocycles. The molecular formula is C20H31N3O3. The highest BCUT2D eigenvalue weighted by Gasteiger charge is 2.16. The lowest BCUT2D eigenvalue weighted by atomic mass is 9.96. The summed E-state index contributed by atoms with van der Waals surface area (Å²) in [4.78, 5) is 6.63. The molecule has 0 unspecified atom stereocenters. The van der Waals surface area contributed by atoms with Crippen molar-refractivity contribution in [1.29, 1.82) is 0 Å². The molecule has 6 nitrogen and oxygen atoms in total. The third-order valence-corrected chi connectivity index (χ3v) is 5.05. The van der Waals surface area contributed by atoms with Crippen LogP contribution in [-0.2, 0) is 11.3 Å². The summed E-state index contributed by atoms with van der Waals surface area (Å²) < 4.78 is 16.9. The van der Waals surface area contributed by atoms with Crippen LogP contribution in [0.25, 0.3) is 0 Å². The van der Waals surface area contributed by atoms with Gasteiger partial charge in [-0.05, 0) is 42.9 Å². The minimum atomic E-state index is 0.709. The first kappa shape index (κ1) is 18.8. The van der Waals surface area contributed by atoms with Crippen LogP contribution in [0.3, 0.4) is 0 Å². The Morgan fingerprint density at radius 1 is 1.15 bits per heavy atom. The van der Waals surface area contributed by atoms with Gasteiger partial charge >= 0.3 is 0 Å². The van der Waals surface area contributed by atoms with E-state index in [0.717, 1.165) is 61.7 Å². The second-order valence-corrected chi connectivity index (χ2v) is 7.00. The second kappa shape index (κ2) is 9.67. The number of aliphatic imine (C=N–C) groups is 1. The summed E-state index contributed by atoms with van der Waals surface area (Å²) in [5.41, 5.74) is 1.16. The van der Waals surface area contributed by atoms with Gasteiger partial charge in [0.1, 0.15) is 0 Å². The fourth-order valence-electron chi connectivity index (χ4n) is 3.40. The lowest BCUT2D eigenvalue weighted by Gasteiger charge is -2.27. The van der Waals surface area contributed by atoms with Gasteiger partial charge in [0.05, 0.1) is 13.2 Å². The number of hydrogen-bond donors (Lipinski definition) is 1. The number of nitrogens with one attached hydrogen (secondary N) is 1. The van der Waals surface area contributed by atoms with Crippen molar-refractivity contribution in [2.24, 2.45) is 10.9 Å². The highest BCUT2D eigenvalue weighted by atomic mass is 16.5. The summed E-state index contributed by atoms with van der Waals surface area (Å²) in [5, 5.41) is 3.45. The molecule has 6 heteroatoms. The third-order valence-electron chi connectivity index (χ3n) is 5.05. The summed E-state index contributed by atoms with van der Waals surface area (Å²) in [6, 6.07) is 6.13. The molecule has 1 aromatic carbocycles. The van der Waals surface area contributed by atoms with Crippen LogP contribution in [0, 0.1) is 5.92 Å². The average molecular weight is 361 g/mol. The van der Waals surface area contributed by atoms with Crippen molar-refractivity contribution in [2.45, 2.75) is 32.2 Å². The highest BCUT2D eigenvalue weighted by molar-refractivity contribution is 5.79. The monoisotopic (exact) mass is 361 g/mol. The van der Waals surface area contributed by atoms with Crippen LogP contribution in [0.1, 0.15) is 31.2 Å². The van der Waals surface area contributed by atoms with Gasteiger partial charge in [-0.2, -0.15) is 0 Å². The summed E-state index contributed by atoms with van der Waals surface area (Å²) in [6.07, 6.45) is 4.46. The van der Waals surface area contributed by atoms with Gasteiger partial charge in [0.25, 0.3) is 0 Å². The number of rotatable bonds is 5. The Bertz CT molecular complexity index is 600. The molecule has 0 aromatic heterocycles. The minimum absolute atomic E-state index is 0.709. The predicted octanol–water partition coefficient (Wildman–Crippen LogP) is 2.67. The van der Waals surface area contributed by atoms with Crippen molar-refractivity contribution in [2.75, 3.05) is 47.1 Å². The van der Waals surface area contributed by atoms with Crippen molar-refractivity contribution >= 4 is 5.96 Å². The molecule has 3 rings (SSSR count). The van der Waals surface area contributed by atoms with Gasteiger partial charge in [-0.1, -0.05) is 6.07 Å². The number of fused-ring (bicyclic) bond motifs is 1. The Morgan fingerprint density at radius 2 is 1.92 bits per heavy atom. The summed E-state index contributed by atoms with van der Waals surface area (Å²) >= 11 is 0. The van der Waals surface area contributed by atoms with E-state index in [1.54, 1.807) is 0 Å². The maximum Gasteiger partial charge on any atom is 0.193 e. The van der Waals surface area contributed by atoms with E-state index in [1.807, 2.05) is 13.1 Å². The smallest absolute Gasteiger partial charge is 0.193 e. The largest absolute Gasteiger partial charge is 0.490 e. The normalized spacial score (nSPS) is 18.3. The maximum absolute atomic E-state index is 5.77. The minimum Gasteiger partial charge on any atom is -0.490 e. The van der Waals surface area contributed by atoms with E-state index in [9.17, 15) is 0 Å². The summed E-state index contributed by atoms with van der Waals surface area (Å²) in [5.74, 6) is 3.36. The van der Waals surface area contributed by atoms with E-state index in [4.69, 9.17) is 14.2 Å². The lowest BCUT2D eigenvalue weighted by molar-refractivity contribution is 0.0625. The SMILES string of the molecule is CN=C(NCc1ccc2c(c1)OCCCO2)N(C)CCC1CCOCC1. The molecule has 144 valence electrons. The quantitative estimate of drug-likeness (QED) is 0.645. The van der Waals surface area contributed by atoms with Crippen LogP contribution < -0.4 is 14.8 Å². The molecule has 2 aliphatic heterocycles. The van der Waals surface area contributed by atoms with E-state index in [2.05, 4.69) is 34.4 Å². The van der Waals surface area contributed by atoms with E-state index >= 15 is 0 Å². The first-order valence-electron chi connectivity index (χ1n) is 9.64. The molecule has 26 heavy (non-hydrogen) atoms. The average Bonchev–Trinajstić information content (AvgIpc) is 2.92. The second-order valence-electron chi connectivity index (χ2n) is 7.00. The Morgan fingerprint density at radius 3 is 2.69 bits per heavy atom. The first-order valence-corrected chi connectivity index (χ1v) is 9.64. The number of ether oxygens (including phenoxy) is 3. The van der Waals surface area contributed by atoms with Crippen LogP contribution in [0.5, 0.6) is 11.5 Å². The standard InChI is InChI=1S/C20H31N3O3/c1-21-20(23(2)9-6-16-7-12-24-13-8-16)22-15-17-4-5-18-19(14-17)26-11-3-10-25-18/h4-5,14,16H,3,6-13,15H2,1-2H3,(H,21,22). The highest BCUT2D eigenvalue weighted by Crippen LogP contribution is 2.30. The van der Waals surface area contributed by atoms with Gasteiger partial charge in [-0.25, -0.2) is 0 Å².